The number of aromatic nitrogens is 1. The second-order valence-electron chi connectivity index (χ2n) is 6.90. The maximum absolute atomic E-state index is 13.2. The van der Waals surface area contributed by atoms with Crippen molar-refractivity contribution in [3.63, 3.8) is 0 Å². The Balaban J connectivity index is 1.75. The van der Waals surface area contributed by atoms with E-state index in [0.29, 0.717) is 19.4 Å². The van der Waals surface area contributed by atoms with E-state index < -0.39 is 35.3 Å². The summed E-state index contributed by atoms with van der Waals surface area (Å²) in [5.41, 5.74) is -0.860. The number of hydrogen-bond donors (Lipinski definition) is 1. The van der Waals surface area contributed by atoms with Crippen molar-refractivity contribution in [2.24, 2.45) is 11.8 Å². The van der Waals surface area contributed by atoms with Gasteiger partial charge >= 0.3 is 6.18 Å². The fraction of sp³-hybridized carbons (Fsp3) is 0.556. The Labute approximate surface area is 154 Å². The van der Waals surface area contributed by atoms with Crippen molar-refractivity contribution >= 4 is 17.5 Å². The van der Waals surface area contributed by atoms with Crippen molar-refractivity contribution in [2.75, 3.05) is 18.0 Å². The molecule has 0 radical (unpaired) electrons. The molecule has 1 aliphatic carbocycles. The molecule has 1 saturated carbocycles. The van der Waals surface area contributed by atoms with Gasteiger partial charge in [-0.3, -0.25) is 9.59 Å². The molecule has 1 N–H and O–H groups in total. The highest BCUT2D eigenvalue weighted by atomic mass is 19.4. The zero-order valence-corrected chi connectivity index (χ0v) is 14.5. The van der Waals surface area contributed by atoms with E-state index in [1.54, 1.807) is 6.07 Å². The SMILES string of the molecule is N#CC(C(=O)NC1CC1)C(=O)C1CCCN(c2ncccc2C(F)(F)F)C1. The fourth-order valence-corrected chi connectivity index (χ4v) is 3.27. The second kappa shape index (κ2) is 7.55. The van der Waals surface area contributed by atoms with Crippen LogP contribution in [0.3, 0.4) is 0 Å². The van der Waals surface area contributed by atoms with Crippen molar-refractivity contribution in [2.45, 2.75) is 37.9 Å². The van der Waals surface area contributed by atoms with Crippen molar-refractivity contribution < 1.29 is 22.8 Å². The molecule has 1 aromatic heterocycles. The Hall–Kier alpha value is -2.63. The van der Waals surface area contributed by atoms with E-state index in [0.717, 1.165) is 18.9 Å². The summed E-state index contributed by atoms with van der Waals surface area (Å²) in [6.07, 6.45) is -0.716. The number of anilines is 1. The third kappa shape index (κ3) is 4.38. The van der Waals surface area contributed by atoms with Gasteiger partial charge in [-0.2, -0.15) is 18.4 Å². The van der Waals surface area contributed by atoms with Crippen LogP contribution < -0.4 is 10.2 Å². The molecule has 2 heterocycles. The number of carbonyl (C=O) groups excluding carboxylic acids is 2. The molecular weight excluding hydrogens is 361 g/mol. The number of nitriles is 1. The number of nitrogens with zero attached hydrogens (tertiary/aromatic N) is 3. The molecule has 1 aromatic rings. The molecule has 3 rings (SSSR count). The Morgan fingerprint density at radius 1 is 1.33 bits per heavy atom. The van der Waals surface area contributed by atoms with Crippen LogP contribution in [0.15, 0.2) is 18.3 Å². The number of piperidine rings is 1. The molecule has 27 heavy (non-hydrogen) atoms. The molecule has 6 nitrogen and oxygen atoms in total. The van der Waals surface area contributed by atoms with Crippen LogP contribution in [0, 0.1) is 23.2 Å². The van der Waals surface area contributed by atoms with Gasteiger partial charge in [-0.15, -0.1) is 0 Å². The maximum Gasteiger partial charge on any atom is 0.419 e. The summed E-state index contributed by atoms with van der Waals surface area (Å²) in [6.45, 7) is 0.336. The van der Waals surface area contributed by atoms with Gasteiger partial charge in [0.15, 0.2) is 11.7 Å². The molecule has 1 saturated heterocycles. The molecule has 2 atom stereocenters. The van der Waals surface area contributed by atoms with Gasteiger partial charge in [-0.05, 0) is 37.8 Å². The minimum atomic E-state index is -4.56. The molecule has 0 bridgehead atoms. The van der Waals surface area contributed by atoms with E-state index in [1.165, 1.54) is 17.2 Å². The minimum Gasteiger partial charge on any atom is -0.355 e. The van der Waals surface area contributed by atoms with Crippen LogP contribution in [0.5, 0.6) is 0 Å². The van der Waals surface area contributed by atoms with E-state index >= 15 is 0 Å². The van der Waals surface area contributed by atoms with Crippen LogP contribution in [0.1, 0.15) is 31.2 Å². The van der Waals surface area contributed by atoms with E-state index in [1.807, 2.05) is 0 Å². The number of alkyl halides is 3. The number of Topliss-reactive ketones (excluding diaryl/α,β-unsaturated/α-hetero) is 1. The predicted molar refractivity (Wildman–Crippen MR) is 89.5 cm³/mol. The fourth-order valence-electron chi connectivity index (χ4n) is 3.27. The molecule has 144 valence electrons. The molecule has 0 spiro atoms. The second-order valence-corrected chi connectivity index (χ2v) is 6.90. The number of hydrogen-bond acceptors (Lipinski definition) is 5. The van der Waals surface area contributed by atoms with Gasteiger partial charge in [0.1, 0.15) is 5.82 Å². The molecule has 1 amide bonds. The van der Waals surface area contributed by atoms with E-state index in [-0.39, 0.29) is 18.4 Å². The number of nitrogens with one attached hydrogen (secondary N) is 1. The topological polar surface area (TPSA) is 86.1 Å². The summed E-state index contributed by atoms with van der Waals surface area (Å²) in [7, 11) is 0. The van der Waals surface area contributed by atoms with E-state index in [9.17, 15) is 28.0 Å². The third-order valence-corrected chi connectivity index (χ3v) is 4.81. The van der Waals surface area contributed by atoms with Crippen molar-refractivity contribution in [3.8, 4) is 6.07 Å². The van der Waals surface area contributed by atoms with Crippen LogP contribution in [0.4, 0.5) is 19.0 Å². The Bertz CT molecular complexity index is 771. The maximum atomic E-state index is 13.2. The lowest BCUT2D eigenvalue weighted by atomic mass is 9.86. The zero-order valence-electron chi connectivity index (χ0n) is 14.5. The number of ketones is 1. The van der Waals surface area contributed by atoms with Crippen LogP contribution in [-0.2, 0) is 15.8 Å². The average Bonchev–Trinajstić information content (AvgIpc) is 3.45. The average molecular weight is 380 g/mol. The van der Waals surface area contributed by atoms with Gasteiger partial charge in [-0.25, -0.2) is 4.98 Å². The lowest BCUT2D eigenvalue weighted by molar-refractivity contribution is -0.137. The number of pyridine rings is 1. The number of rotatable bonds is 5. The summed E-state index contributed by atoms with van der Waals surface area (Å²) in [6, 6.07) is 3.94. The lowest BCUT2D eigenvalue weighted by Crippen LogP contribution is -2.45. The molecule has 9 heteroatoms. The van der Waals surface area contributed by atoms with Crippen LogP contribution in [0.2, 0.25) is 0 Å². The third-order valence-electron chi connectivity index (χ3n) is 4.81. The summed E-state index contributed by atoms with van der Waals surface area (Å²) >= 11 is 0. The van der Waals surface area contributed by atoms with Gasteiger partial charge in [0, 0.05) is 31.2 Å². The van der Waals surface area contributed by atoms with Crippen LogP contribution in [-0.4, -0.2) is 35.8 Å². The largest absolute Gasteiger partial charge is 0.419 e. The number of amides is 1. The molecular formula is C18H19F3N4O2. The molecule has 2 fully saturated rings. The van der Waals surface area contributed by atoms with E-state index in [4.69, 9.17) is 0 Å². The number of halogens is 3. The lowest BCUT2D eigenvalue weighted by Gasteiger charge is -2.34. The van der Waals surface area contributed by atoms with Gasteiger partial charge in [-0.1, -0.05) is 0 Å². The first kappa shape index (κ1) is 19.1. The zero-order chi connectivity index (χ0) is 19.6. The predicted octanol–water partition coefficient (Wildman–Crippen LogP) is 2.30. The molecule has 2 aliphatic rings. The van der Waals surface area contributed by atoms with Crippen molar-refractivity contribution in [1.82, 2.24) is 10.3 Å². The van der Waals surface area contributed by atoms with Gasteiger partial charge < -0.3 is 10.2 Å². The molecule has 1 aliphatic heterocycles. The molecule has 2 unspecified atom stereocenters. The quantitative estimate of drug-likeness (QED) is 0.793. The number of carbonyl (C=O) groups is 2. The van der Waals surface area contributed by atoms with Crippen molar-refractivity contribution in [3.05, 3.63) is 23.9 Å². The van der Waals surface area contributed by atoms with Gasteiger partial charge in [0.25, 0.3) is 0 Å². The highest BCUT2D eigenvalue weighted by Crippen LogP contribution is 2.36. The Morgan fingerprint density at radius 3 is 2.70 bits per heavy atom. The summed E-state index contributed by atoms with van der Waals surface area (Å²) in [5, 5.41) is 11.9. The highest BCUT2D eigenvalue weighted by molar-refractivity contribution is 6.05. The summed E-state index contributed by atoms with van der Waals surface area (Å²) in [5.74, 6) is -3.49. The van der Waals surface area contributed by atoms with Crippen LogP contribution in [0.25, 0.3) is 0 Å². The van der Waals surface area contributed by atoms with Gasteiger partial charge in [0.05, 0.1) is 11.6 Å². The monoisotopic (exact) mass is 380 g/mol. The summed E-state index contributed by atoms with van der Waals surface area (Å²) < 4.78 is 39.7. The van der Waals surface area contributed by atoms with E-state index in [2.05, 4.69) is 10.3 Å². The normalized spacial score (nSPS) is 21.3. The van der Waals surface area contributed by atoms with Crippen molar-refractivity contribution in [1.29, 1.82) is 5.26 Å². The smallest absolute Gasteiger partial charge is 0.355 e. The highest BCUT2D eigenvalue weighted by Gasteiger charge is 2.40. The minimum absolute atomic E-state index is 0.00775. The standard InChI is InChI=1S/C18H19F3N4O2/c19-18(20,21)14-4-1-7-23-16(14)25-8-2-3-11(10-25)15(26)13(9-22)17(27)24-12-5-6-12/h1,4,7,11-13H,2-3,5-6,8,10H2,(H,24,27). The Morgan fingerprint density at radius 2 is 2.07 bits per heavy atom. The summed E-state index contributed by atoms with van der Waals surface area (Å²) in [4.78, 5) is 30.1. The first-order valence-electron chi connectivity index (χ1n) is 8.82. The molecule has 0 aromatic carbocycles. The first-order valence-corrected chi connectivity index (χ1v) is 8.82. The van der Waals surface area contributed by atoms with Gasteiger partial charge in [0.2, 0.25) is 5.91 Å². The van der Waals surface area contributed by atoms with Crippen LogP contribution >= 0.6 is 0 Å². The Kier molecular flexibility index (Phi) is 5.35. The first-order chi connectivity index (χ1) is 12.8.